The van der Waals surface area contributed by atoms with Crippen molar-refractivity contribution >= 4 is 34.5 Å². The molecule has 1 aromatic heterocycles. The highest BCUT2D eigenvalue weighted by Gasteiger charge is 2.21. The molecule has 1 unspecified atom stereocenters. The lowest BCUT2D eigenvalue weighted by atomic mass is 10.2. The van der Waals surface area contributed by atoms with Gasteiger partial charge in [0.25, 0.3) is 5.56 Å². The molecule has 2 aromatic carbocycles. The Balaban J connectivity index is 1.15. The van der Waals surface area contributed by atoms with Crippen LogP contribution in [0.4, 0.5) is 0 Å². The summed E-state index contributed by atoms with van der Waals surface area (Å²) in [7, 11) is 0. The van der Waals surface area contributed by atoms with E-state index in [9.17, 15) is 14.4 Å². The molecule has 0 radical (unpaired) electrons. The van der Waals surface area contributed by atoms with Crippen LogP contribution in [0.5, 0.6) is 23.0 Å². The number of nitrogens with one attached hydrogen (secondary N) is 2. The molecule has 2 amide bonds. The van der Waals surface area contributed by atoms with E-state index in [0.717, 1.165) is 30.2 Å². The summed E-state index contributed by atoms with van der Waals surface area (Å²) in [5.41, 5.74) is 0.970. The average molecular weight is 569 g/mol. The average Bonchev–Trinajstić information content (AvgIpc) is 3.74. The van der Waals surface area contributed by atoms with Gasteiger partial charge in [-0.05, 0) is 36.6 Å². The zero-order valence-electron chi connectivity index (χ0n) is 21.6. The molecule has 210 valence electrons. The van der Waals surface area contributed by atoms with E-state index in [1.807, 2.05) is 12.1 Å². The Morgan fingerprint density at radius 3 is 2.55 bits per heavy atom. The quantitative estimate of drug-likeness (QED) is 0.276. The largest absolute Gasteiger partial charge is 0.454 e. The van der Waals surface area contributed by atoms with Crippen LogP contribution in [0.1, 0.15) is 24.8 Å². The summed E-state index contributed by atoms with van der Waals surface area (Å²) in [4.78, 5) is 43.4. The first-order chi connectivity index (χ1) is 19.5. The number of carbonyl (C=O) groups excluding carboxylic acids is 2. The van der Waals surface area contributed by atoms with Crippen LogP contribution in [-0.4, -0.2) is 60.0 Å². The number of amides is 2. The highest BCUT2D eigenvalue weighted by Crippen LogP contribution is 2.35. The number of ether oxygens (including phenoxy) is 5. The number of thioether (sulfide) groups is 1. The summed E-state index contributed by atoms with van der Waals surface area (Å²) in [6, 6.07) is 8.74. The second-order valence-electron chi connectivity index (χ2n) is 9.52. The van der Waals surface area contributed by atoms with Gasteiger partial charge in [-0.25, -0.2) is 4.98 Å². The van der Waals surface area contributed by atoms with Gasteiger partial charge in [0.05, 0.1) is 22.8 Å². The molecule has 4 heterocycles. The summed E-state index contributed by atoms with van der Waals surface area (Å²) in [6.45, 7) is 1.80. The molecule has 2 N–H and O–H groups in total. The fourth-order valence-corrected chi connectivity index (χ4v) is 5.52. The zero-order chi connectivity index (χ0) is 27.5. The molecule has 0 bridgehead atoms. The van der Waals surface area contributed by atoms with Gasteiger partial charge in [-0.2, -0.15) is 0 Å². The zero-order valence-corrected chi connectivity index (χ0v) is 22.4. The van der Waals surface area contributed by atoms with E-state index < -0.39 is 0 Å². The van der Waals surface area contributed by atoms with Crippen molar-refractivity contribution in [3.8, 4) is 23.0 Å². The van der Waals surface area contributed by atoms with Crippen molar-refractivity contribution < 1.29 is 33.3 Å². The van der Waals surface area contributed by atoms with Crippen LogP contribution in [0.2, 0.25) is 0 Å². The molecule has 6 rings (SSSR count). The predicted molar refractivity (Wildman–Crippen MR) is 144 cm³/mol. The third-order valence-corrected chi connectivity index (χ3v) is 7.76. The number of rotatable bonds is 10. The summed E-state index contributed by atoms with van der Waals surface area (Å²) in [5, 5.41) is 6.44. The van der Waals surface area contributed by atoms with E-state index in [1.54, 1.807) is 18.2 Å². The Hall–Kier alpha value is -3.97. The van der Waals surface area contributed by atoms with Gasteiger partial charge in [-0.1, -0.05) is 17.8 Å². The molecule has 12 nitrogen and oxygen atoms in total. The molecular formula is C27H28N4O8S. The van der Waals surface area contributed by atoms with Crippen molar-refractivity contribution in [1.82, 2.24) is 20.2 Å². The Morgan fingerprint density at radius 2 is 1.75 bits per heavy atom. The van der Waals surface area contributed by atoms with Crippen LogP contribution in [-0.2, 0) is 27.4 Å². The first-order valence-corrected chi connectivity index (χ1v) is 14.0. The minimum atomic E-state index is -0.325. The Kier molecular flexibility index (Phi) is 7.64. The minimum Gasteiger partial charge on any atom is -0.454 e. The number of nitrogens with zero attached hydrogens (tertiary/aromatic N) is 2. The Labute approximate surface area is 233 Å². The van der Waals surface area contributed by atoms with Gasteiger partial charge < -0.3 is 34.3 Å². The topological polar surface area (TPSA) is 139 Å². The maximum Gasteiger partial charge on any atom is 0.262 e. The number of hydrogen-bond acceptors (Lipinski definition) is 10. The van der Waals surface area contributed by atoms with Gasteiger partial charge in [0.15, 0.2) is 28.2 Å². The maximum absolute atomic E-state index is 13.5. The smallest absolute Gasteiger partial charge is 0.262 e. The number of aromatic nitrogens is 2. The van der Waals surface area contributed by atoms with Crippen LogP contribution in [0, 0.1) is 0 Å². The highest BCUT2D eigenvalue weighted by atomic mass is 32.2. The van der Waals surface area contributed by atoms with Gasteiger partial charge in [0, 0.05) is 38.7 Å². The van der Waals surface area contributed by atoms with Crippen LogP contribution < -0.4 is 35.1 Å². The van der Waals surface area contributed by atoms with Crippen LogP contribution in [0.15, 0.2) is 40.3 Å². The fraction of sp³-hybridized carbons (Fsp3) is 0.407. The normalized spacial score (nSPS) is 16.9. The Bertz CT molecular complexity index is 1500. The molecule has 1 atom stereocenters. The van der Waals surface area contributed by atoms with E-state index >= 15 is 0 Å². The highest BCUT2D eigenvalue weighted by molar-refractivity contribution is 7.99. The number of hydrogen-bond donors (Lipinski definition) is 2. The van der Waals surface area contributed by atoms with E-state index in [4.69, 9.17) is 23.7 Å². The summed E-state index contributed by atoms with van der Waals surface area (Å²) in [5.74, 6) is 1.92. The van der Waals surface area contributed by atoms with Gasteiger partial charge in [-0.3, -0.25) is 19.0 Å². The lowest BCUT2D eigenvalue weighted by Gasteiger charge is -2.14. The van der Waals surface area contributed by atoms with Crippen LogP contribution in [0.3, 0.4) is 0 Å². The summed E-state index contributed by atoms with van der Waals surface area (Å²) < 4.78 is 28.6. The van der Waals surface area contributed by atoms with Crippen molar-refractivity contribution in [2.24, 2.45) is 0 Å². The van der Waals surface area contributed by atoms with Crippen molar-refractivity contribution in [3.05, 3.63) is 46.2 Å². The number of carbonyl (C=O) groups is 2. The SMILES string of the molecule is O=C(CCn1c(SCC(=O)NCC2CCCO2)nc2cc3c(cc2c1=O)OCO3)NCc1ccc2c(c1)OCO2. The third-order valence-electron chi connectivity index (χ3n) is 6.79. The maximum atomic E-state index is 13.5. The van der Waals surface area contributed by atoms with Gasteiger partial charge in [0.2, 0.25) is 25.4 Å². The van der Waals surface area contributed by atoms with E-state index in [1.165, 1.54) is 4.57 Å². The van der Waals surface area contributed by atoms with E-state index in [0.29, 0.717) is 58.8 Å². The Morgan fingerprint density at radius 1 is 0.975 bits per heavy atom. The van der Waals surface area contributed by atoms with Gasteiger partial charge in [0.1, 0.15) is 0 Å². The molecule has 3 aromatic rings. The molecular weight excluding hydrogens is 540 g/mol. The first-order valence-electron chi connectivity index (χ1n) is 13.0. The second-order valence-corrected chi connectivity index (χ2v) is 10.5. The van der Waals surface area contributed by atoms with Crippen molar-refractivity contribution in [1.29, 1.82) is 0 Å². The standard InChI is InChI=1S/C27H28N4O8S/c32-24(28-11-16-3-4-20-21(8-16)37-14-36-20)5-6-31-26(34)18-9-22-23(39-15-38-22)10-19(18)30-27(31)40-13-25(33)29-12-17-2-1-7-35-17/h3-4,8-10,17H,1-2,5-7,11-15H2,(H,28,32)(H,29,33). The van der Waals surface area contributed by atoms with Crippen molar-refractivity contribution in [3.63, 3.8) is 0 Å². The van der Waals surface area contributed by atoms with Crippen molar-refractivity contribution in [2.75, 3.05) is 32.5 Å². The van der Waals surface area contributed by atoms with Gasteiger partial charge in [-0.15, -0.1) is 0 Å². The molecule has 3 aliphatic heterocycles. The third kappa shape index (κ3) is 5.80. The van der Waals surface area contributed by atoms with Gasteiger partial charge >= 0.3 is 0 Å². The molecule has 0 aliphatic carbocycles. The summed E-state index contributed by atoms with van der Waals surface area (Å²) >= 11 is 1.14. The van der Waals surface area contributed by atoms with E-state index in [2.05, 4.69) is 15.6 Å². The molecule has 40 heavy (non-hydrogen) atoms. The molecule has 13 heteroatoms. The molecule has 0 saturated carbocycles. The fourth-order valence-electron chi connectivity index (χ4n) is 4.67. The number of benzene rings is 2. The second kappa shape index (κ2) is 11.6. The van der Waals surface area contributed by atoms with Crippen molar-refractivity contribution in [2.45, 2.75) is 43.6 Å². The first kappa shape index (κ1) is 26.3. The van der Waals surface area contributed by atoms with Crippen LogP contribution in [0.25, 0.3) is 10.9 Å². The monoisotopic (exact) mass is 568 g/mol. The van der Waals surface area contributed by atoms with E-state index in [-0.39, 0.29) is 55.8 Å². The lowest BCUT2D eigenvalue weighted by Crippen LogP contribution is -2.33. The van der Waals surface area contributed by atoms with Crippen LogP contribution >= 0.6 is 11.8 Å². The lowest BCUT2D eigenvalue weighted by molar-refractivity contribution is -0.121. The summed E-state index contributed by atoms with van der Waals surface area (Å²) in [6.07, 6.45) is 1.99. The molecule has 1 saturated heterocycles. The molecule has 1 fully saturated rings. The predicted octanol–water partition coefficient (Wildman–Crippen LogP) is 1.95. The number of fused-ring (bicyclic) bond motifs is 3. The minimum absolute atomic E-state index is 0.0337. The molecule has 3 aliphatic rings. The molecule has 0 spiro atoms.